The van der Waals surface area contributed by atoms with Crippen LogP contribution >= 0.6 is 11.8 Å². The minimum Gasteiger partial charge on any atom is -0.434 e. The molecule has 0 aliphatic rings. The monoisotopic (exact) mass is 427 g/mol. The molecule has 0 unspecified atom stereocenters. The van der Waals surface area contributed by atoms with Crippen LogP contribution in [0.1, 0.15) is 63.9 Å². The van der Waals surface area contributed by atoms with Gasteiger partial charge in [0, 0.05) is 5.75 Å². The van der Waals surface area contributed by atoms with E-state index in [-0.39, 0.29) is 0 Å². The number of hydrogen-bond acceptors (Lipinski definition) is 4. The molecule has 0 aliphatic carbocycles. The van der Waals surface area contributed by atoms with Crippen LogP contribution in [-0.2, 0) is 0 Å². The minimum absolute atomic E-state index is 0.322. The van der Waals surface area contributed by atoms with E-state index in [0.29, 0.717) is 16.7 Å². The Kier molecular flexibility index (Phi) is 11.7. The van der Waals surface area contributed by atoms with E-state index < -0.39 is 6.09 Å². The SMILES string of the molecule is CCCCCCCCCCSC(=NC(=O)Oc1ccccc1)Oc1ccc(C)cc1. The quantitative estimate of drug-likeness (QED) is 0.208. The van der Waals surface area contributed by atoms with Crippen LogP contribution in [0.3, 0.4) is 0 Å². The van der Waals surface area contributed by atoms with Crippen LogP contribution < -0.4 is 9.47 Å². The summed E-state index contributed by atoms with van der Waals surface area (Å²) in [4.78, 5) is 16.3. The zero-order chi connectivity index (χ0) is 21.4. The van der Waals surface area contributed by atoms with Gasteiger partial charge in [-0.15, -0.1) is 4.99 Å². The normalized spacial score (nSPS) is 11.3. The maximum Gasteiger partial charge on any atom is 0.442 e. The number of carbonyl (C=O) groups is 1. The van der Waals surface area contributed by atoms with Crippen molar-refractivity contribution in [3.63, 3.8) is 0 Å². The van der Waals surface area contributed by atoms with Gasteiger partial charge in [-0.05, 0) is 37.6 Å². The summed E-state index contributed by atoms with van der Waals surface area (Å²) in [5.41, 5.74) is 1.15. The van der Waals surface area contributed by atoms with Crippen molar-refractivity contribution in [1.82, 2.24) is 0 Å². The third kappa shape index (κ3) is 10.5. The Balaban J connectivity index is 1.84. The maximum absolute atomic E-state index is 12.2. The van der Waals surface area contributed by atoms with Crippen LogP contribution in [-0.4, -0.2) is 17.1 Å². The summed E-state index contributed by atoms with van der Waals surface area (Å²) in [6.07, 6.45) is 9.43. The number of benzene rings is 2. The van der Waals surface area contributed by atoms with Crippen molar-refractivity contribution >= 4 is 23.1 Å². The number of aryl methyl sites for hydroxylation is 1. The standard InChI is InChI=1S/C25H33NO3S/c1-3-4-5-6-7-8-9-13-20-30-25(29-23-18-16-21(2)17-19-23)26-24(27)28-22-14-11-10-12-15-22/h10-12,14-19H,3-9,13,20H2,1-2H3. The largest absolute Gasteiger partial charge is 0.442 e. The molecule has 0 aliphatic heterocycles. The Labute approximate surface area is 185 Å². The number of para-hydroxylation sites is 1. The molecular weight excluding hydrogens is 394 g/mol. The Morgan fingerprint density at radius 3 is 2.07 bits per heavy atom. The fourth-order valence-electron chi connectivity index (χ4n) is 2.87. The number of ether oxygens (including phenoxy) is 2. The van der Waals surface area contributed by atoms with Crippen LogP contribution in [0.25, 0.3) is 0 Å². The van der Waals surface area contributed by atoms with Crippen molar-refractivity contribution in [3.05, 3.63) is 60.2 Å². The first kappa shape index (κ1) is 24.0. The van der Waals surface area contributed by atoms with Crippen molar-refractivity contribution in [2.45, 2.75) is 65.2 Å². The molecular formula is C25H33NO3S. The molecule has 0 atom stereocenters. The molecule has 0 fully saturated rings. The smallest absolute Gasteiger partial charge is 0.434 e. The number of thioether (sulfide) groups is 1. The van der Waals surface area contributed by atoms with E-state index in [1.54, 1.807) is 12.1 Å². The summed E-state index contributed by atoms with van der Waals surface area (Å²) in [5, 5.41) is 0.322. The van der Waals surface area contributed by atoms with Gasteiger partial charge in [-0.25, -0.2) is 4.79 Å². The maximum atomic E-state index is 12.2. The second-order valence-electron chi connectivity index (χ2n) is 7.30. The Bertz CT molecular complexity index is 760. The summed E-state index contributed by atoms with van der Waals surface area (Å²) in [6.45, 7) is 4.26. The zero-order valence-corrected chi connectivity index (χ0v) is 19.0. The van der Waals surface area contributed by atoms with Gasteiger partial charge in [0.15, 0.2) is 0 Å². The lowest BCUT2D eigenvalue weighted by atomic mass is 10.1. The van der Waals surface area contributed by atoms with Gasteiger partial charge in [0.05, 0.1) is 0 Å². The van der Waals surface area contributed by atoms with Gasteiger partial charge in [-0.1, -0.05) is 99.5 Å². The van der Waals surface area contributed by atoms with Crippen molar-refractivity contribution in [2.75, 3.05) is 5.75 Å². The van der Waals surface area contributed by atoms with Crippen molar-refractivity contribution in [3.8, 4) is 11.5 Å². The fourth-order valence-corrected chi connectivity index (χ4v) is 3.69. The van der Waals surface area contributed by atoms with Gasteiger partial charge in [-0.2, -0.15) is 0 Å². The number of amides is 1. The van der Waals surface area contributed by atoms with Crippen molar-refractivity contribution in [1.29, 1.82) is 0 Å². The average molecular weight is 428 g/mol. The van der Waals surface area contributed by atoms with Gasteiger partial charge in [0.1, 0.15) is 11.5 Å². The summed E-state index contributed by atoms with van der Waals surface area (Å²) in [5.74, 6) is 1.99. The lowest BCUT2D eigenvalue weighted by molar-refractivity contribution is 0.211. The molecule has 0 spiro atoms. The van der Waals surface area contributed by atoms with Crippen LogP contribution in [0.15, 0.2) is 59.6 Å². The molecule has 5 heteroatoms. The van der Waals surface area contributed by atoms with E-state index in [1.165, 1.54) is 56.7 Å². The molecule has 1 amide bonds. The molecule has 0 aromatic heterocycles. The summed E-state index contributed by atoms with van der Waals surface area (Å²) in [6, 6.07) is 16.6. The van der Waals surface area contributed by atoms with E-state index >= 15 is 0 Å². The van der Waals surface area contributed by atoms with Gasteiger partial charge in [-0.3, -0.25) is 0 Å². The predicted octanol–water partition coefficient (Wildman–Crippen LogP) is 7.80. The van der Waals surface area contributed by atoms with Crippen LogP contribution in [0, 0.1) is 6.92 Å². The number of rotatable bonds is 11. The van der Waals surface area contributed by atoms with Gasteiger partial charge in [0.25, 0.3) is 5.23 Å². The second kappa shape index (κ2) is 14.7. The first-order valence-electron chi connectivity index (χ1n) is 10.9. The van der Waals surface area contributed by atoms with E-state index in [0.717, 1.165) is 17.7 Å². The van der Waals surface area contributed by atoms with E-state index in [4.69, 9.17) is 9.47 Å². The molecule has 0 radical (unpaired) electrons. The highest BCUT2D eigenvalue weighted by molar-refractivity contribution is 8.13. The van der Waals surface area contributed by atoms with Gasteiger partial charge >= 0.3 is 6.09 Å². The molecule has 0 saturated carbocycles. The number of hydrogen-bond donors (Lipinski definition) is 0. The first-order chi connectivity index (χ1) is 14.7. The van der Waals surface area contributed by atoms with Gasteiger partial charge in [0.2, 0.25) is 0 Å². The average Bonchev–Trinajstić information content (AvgIpc) is 2.74. The van der Waals surface area contributed by atoms with Crippen LogP contribution in [0.5, 0.6) is 11.5 Å². The zero-order valence-electron chi connectivity index (χ0n) is 18.1. The summed E-state index contributed by atoms with van der Waals surface area (Å²) < 4.78 is 11.1. The molecule has 2 rings (SSSR count). The highest BCUT2D eigenvalue weighted by Crippen LogP contribution is 2.19. The third-order valence-electron chi connectivity index (χ3n) is 4.58. The lowest BCUT2D eigenvalue weighted by Crippen LogP contribution is -2.11. The van der Waals surface area contributed by atoms with E-state index in [9.17, 15) is 4.79 Å². The van der Waals surface area contributed by atoms with Crippen LogP contribution in [0.2, 0.25) is 0 Å². The lowest BCUT2D eigenvalue weighted by Gasteiger charge is -2.09. The number of carbonyl (C=O) groups excluding carboxylic acids is 1. The number of nitrogens with zero attached hydrogens (tertiary/aromatic N) is 1. The number of aliphatic imine (C=N–C) groups is 1. The molecule has 4 nitrogen and oxygen atoms in total. The molecule has 30 heavy (non-hydrogen) atoms. The van der Waals surface area contributed by atoms with E-state index in [1.807, 2.05) is 49.4 Å². The fraction of sp³-hybridized carbons (Fsp3) is 0.440. The Morgan fingerprint density at radius 2 is 1.40 bits per heavy atom. The molecule has 162 valence electrons. The highest BCUT2D eigenvalue weighted by Gasteiger charge is 2.10. The number of unbranched alkanes of at least 4 members (excludes halogenated alkanes) is 7. The summed E-state index contributed by atoms with van der Waals surface area (Å²) in [7, 11) is 0. The molecule has 0 bridgehead atoms. The molecule has 2 aromatic carbocycles. The van der Waals surface area contributed by atoms with E-state index in [2.05, 4.69) is 11.9 Å². The molecule has 0 saturated heterocycles. The van der Waals surface area contributed by atoms with Crippen LogP contribution in [0.4, 0.5) is 4.79 Å². The first-order valence-corrected chi connectivity index (χ1v) is 11.9. The Morgan fingerprint density at radius 1 is 0.800 bits per heavy atom. The third-order valence-corrected chi connectivity index (χ3v) is 5.49. The van der Waals surface area contributed by atoms with Crippen molar-refractivity contribution in [2.24, 2.45) is 4.99 Å². The molecule has 2 aromatic rings. The topological polar surface area (TPSA) is 47.9 Å². The summed E-state index contributed by atoms with van der Waals surface area (Å²) >= 11 is 1.46. The highest BCUT2D eigenvalue weighted by atomic mass is 32.2. The van der Waals surface area contributed by atoms with Gasteiger partial charge < -0.3 is 9.47 Å². The molecule has 0 heterocycles. The Hall–Kier alpha value is -2.27. The predicted molar refractivity (Wildman–Crippen MR) is 127 cm³/mol. The van der Waals surface area contributed by atoms with Crippen molar-refractivity contribution < 1.29 is 14.3 Å². The molecule has 0 N–H and O–H groups in total. The minimum atomic E-state index is -0.674. The second-order valence-corrected chi connectivity index (χ2v) is 8.34.